The highest BCUT2D eigenvalue weighted by Gasteiger charge is 2.16. The molecule has 0 aliphatic carbocycles. The summed E-state index contributed by atoms with van der Waals surface area (Å²) in [6.45, 7) is 0.0669. The summed E-state index contributed by atoms with van der Waals surface area (Å²) in [5.74, 6) is -2.34. The average Bonchev–Trinajstić information content (AvgIpc) is 3.39. The first kappa shape index (κ1) is 21.2. The van der Waals surface area contributed by atoms with Crippen LogP contribution in [0.4, 0.5) is 10.1 Å². The quantitative estimate of drug-likeness (QED) is 0.436. The zero-order chi connectivity index (χ0) is 22.7. The van der Waals surface area contributed by atoms with E-state index < -0.39 is 17.7 Å². The number of ether oxygens (including phenoxy) is 1. The maximum Gasteiger partial charge on any atom is 0.337 e. The fourth-order valence-electron chi connectivity index (χ4n) is 3.06. The number of amides is 2. The van der Waals surface area contributed by atoms with Crippen molar-refractivity contribution >= 4 is 39.8 Å². The van der Waals surface area contributed by atoms with Gasteiger partial charge in [-0.15, -0.1) is 11.3 Å². The molecule has 2 aromatic heterocycles. The molecule has 4 aromatic rings. The minimum Gasteiger partial charge on any atom is -0.465 e. The molecule has 0 radical (unpaired) electrons. The molecular weight excluding hydrogens is 435 g/mol. The molecule has 4 rings (SSSR count). The Morgan fingerprint density at radius 1 is 1.16 bits per heavy atom. The number of aromatic nitrogens is 2. The van der Waals surface area contributed by atoms with Crippen LogP contribution >= 0.6 is 11.3 Å². The SMILES string of the molecule is COC(=O)c1cc(CNC(=O)c2cn3ccsc3n2)cc(NC(=O)c2ccccc2F)c1. The van der Waals surface area contributed by atoms with Crippen molar-refractivity contribution in [3.8, 4) is 0 Å². The van der Waals surface area contributed by atoms with Crippen molar-refractivity contribution in [2.24, 2.45) is 0 Å². The number of rotatable bonds is 6. The topological polar surface area (TPSA) is 102 Å². The summed E-state index contributed by atoms with van der Waals surface area (Å²) in [7, 11) is 1.23. The van der Waals surface area contributed by atoms with Gasteiger partial charge in [-0.3, -0.25) is 14.0 Å². The average molecular weight is 452 g/mol. The zero-order valence-electron chi connectivity index (χ0n) is 16.8. The third kappa shape index (κ3) is 4.49. The van der Waals surface area contributed by atoms with Gasteiger partial charge in [-0.05, 0) is 35.9 Å². The molecular formula is C22H17FN4O4S. The van der Waals surface area contributed by atoms with E-state index >= 15 is 0 Å². The van der Waals surface area contributed by atoms with Crippen molar-refractivity contribution in [3.63, 3.8) is 0 Å². The van der Waals surface area contributed by atoms with E-state index in [-0.39, 0.29) is 35.0 Å². The van der Waals surface area contributed by atoms with Crippen molar-refractivity contribution in [2.45, 2.75) is 6.54 Å². The second kappa shape index (κ2) is 8.98. The summed E-state index contributed by atoms with van der Waals surface area (Å²) in [5, 5.41) is 7.18. The number of carbonyl (C=O) groups is 3. The van der Waals surface area contributed by atoms with Crippen molar-refractivity contribution in [1.82, 2.24) is 14.7 Å². The lowest BCUT2D eigenvalue weighted by atomic mass is 10.1. The molecule has 0 saturated heterocycles. The standard InChI is InChI=1S/C22H17FN4O4S/c1-31-21(30)14-8-13(11-24-20(29)18-12-27-6-7-32-22(27)26-18)9-15(10-14)25-19(28)16-4-2-3-5-17(16)23/h2-10,12H,11H2,1H3,(H,24,29)(H,25,28). The van der Waals surface area contributed by atoms with E-state index in [1.165, 1.54) is 48.8 Å². The van der Waals surface area contributed by atoms with Crippen molar-refractivity contribution in [1.29, 1.82) is 0 Å². The maximum absolute atomic E-state index is 13.9. The Labute approximate surface area is 185 Å². The summed E-state index contributed by atoms with van der Waals surface area (Å²) < 4.78 is 20.4. The van der Waals surface area contributed by atoms with E-state index in [4.69, 9.17) is 4.74 Å². The van der Waals surface area contributed by atoms with E-state index in [2.05, 4.69) is 15.6 Å². The number of esters is 1. The number of halogens is 1. The zero-order valence-corrected chi connectivity index (χ0v) is 17.6. The summed E-state index contributed by atoms with van der Waals surface area (Å²) in [6, 6.07) is 10.1. The Morgan fingerprint density at radius 2 is 1.97 bits per heavy atom. The van der Waals surface area contributed by atoms with Gasteiger partial charge in [0.2, 0.25) is 0 Å². The minimum atomic E-state index is -0.668. The fourth-order valence-corrected chi connectivity index (χ4v) is 3.76. The molecule has 0 fully saturated rings. The molecule has 8 nitrogen and oxygen atoms in total. The van der Waals surface area contributed by atoms with Gasteiger partial charge in [0.25, 0.3) is 11.8 Å². The molecule has 2 N–H and O–H groups in total. The number of hydrogen-bond donors (Lipinski definition) is 2. The summed E-state index contributed by atoms with van der Waals surface area (Å²) in [6.07, 6.45) is 3.42. The molecule has 10 heteroatoms. The highest BCUT2D eigenvalue weighted by atomic mass is 32.1. The third-order valence-electron chi connectivity index (χ3n) is 4.57. The normalized spacial score (nSPS) is 10.7. The van der Waals surface area contributed by atoms with Gasteiger partial charge >= 0.3 is 5.97 Å². The molecule has 0 spiro atoms. The molecule has 0 aliphatic heterocycles. The molecule has 2 aromatic carbocycles. The number of thiazole rings is 1. The summed E-state index contributed by atoms with van der Waals surface area (Å²) in [4.78, 5) is 41.9. The lowest BCUT2D eigenvalue weighted by molar-refractivity contribution is 0.0600. The van der Waals surface area contributed by atoms with Crippen molar-refractivity contribution in [3.05, 3.63) is 88.4 Å². The first-order chi connectivity index (χ1) is 15.4. The van der Waals surface area contributed by atoms with Crippen LogP contribution in [0.5, 0.6) is 0 Å². The number of carbonyl (C=O) groups excluding carboxylic acids is 3. The Balaban J connectivity index is 1.53. The van der Waals surface area contributed by atoms with Gasteiger partial charge in [-0.25, -0.2) is 14.2 Å². The van der Waals surface area contributed by atoms with Crippen LogP contribution in [0.25, 0.3) is 4.96 Å². The van der Waals surface area contributed by atoms with Crippen LogP contribution in [0.3, 0.4) is 0 Å². The number of fused-ring (bicyclic) bond motifs is 1. The number of methoxy groups -OCH3 is 1. The van der Waals surface area contributed by atoms with Crippen LogP contribution in [-0.4, -0.2) is 34.3 Å². The number of nitrogens with one attached hydrogen (secondary N) is 2. The second-order valence-electron chi connectivity index (χ2n) is 6.75. The van der Waals surface area contributed by atoms with Crippen LogP contribution in [0.1, 0.15) is 36.8 Å². The summed E-state index contributed by atoms with van der Waals surface area (Å²) in [5.41, 5.74) is 1.09. The molecule has 0 aliphatic rings. The van der Waals surface area contributed by atoms with Gasteiger partial charge in [0, 0.05) is 30.0 Å². The van der Waals surface area contributed by atoms with Crippen LogP contribution in [0.15, 0.2) is 60.2 Å². The lowest BCUT2D eigenvalue weighted by Crippen LogP contribution is -2.23. The fraction of sp³-hybridized carbons (Fsp3) is 0.0909. The smallest absolute Gasteiger partial charge is 0.337 e. The van der Waals surface area contributed by atoms with Crippen LogP contribution in [-0.2, 0) is 11.3 Å². The predicted molar refractivity (Wildman–Crippen MR) is 116 cm³/mol. The number of hydrogen-bond acceptors (Lipinski definition) is 6. The predicted octanol–water partition coefficient (Wildman–Crippen LogP) is 3.50. The summed E-state index contributed by atoms with van der Waals surface area (Å²) >= 11 is 1.41. The van der Waals surface area contributed by atoms with Crippen LogP contribution in [0, 0.1) is 5.82 Å². The van der Waals surface area contributed by atoms with E-state index in [1.807, 2.05) is 5.38 Å². The molecule has 0 atom stereocenters. The monoisotopic (exact) mass is 452 g/mol. The first-order valence-electron chi connectivity index (χ1n) is 9.43. The van der Waals surface area contributed by atoms with Crippen LogP contribution < -0.4 is 10.6 Å². The Kier molecular flexibility index (Phi) is 5.95. The highest BCUT2D eigenvalue weighted by molar-refractivity contribution is 7.15. The van der Waals surface area contributed by atoms with Crippen molar-refractivity contribution in [2.75, 3.05) is 12.4 Å². The Morgan fingerprint density at radius 3 is 2.72 bits per heavy atom. The molecule has 2 heterocycles. The van der Waals surface area contributed by atoms with E-state index in [0.717, 1.165) is 0 Å². The highest BCUT2D eigenvalue weighted by Crippen LogP contribution is 2.18. The number of nitrogens with zero attached hydrogens (tertiary/aromatic N) is 2. The molecule has 2 amide bonds. The molecule has 0 unspecified atom stereocenters. The minimum absolute atomic E-state index is 0.0669. The van der Waals surface area contributed by atoms with E-state index in [9.17, 15) is 18.8 Å². The lowest BCUT2D eigenvalue weighted by Gasteiger charge is -2.11. The van der Waals surface area contributed by atoms with Gasteiger partial charge in [0.1, 0.15) is 11.5 Å². The largest absolute Gasteiger partial charge is 0.465 e. The Hall–Kier alpha value is -4.05. The molecule has 162 valence electrons. The van der Waals surface area contributed by atoms with Crippen molar-refractivity contribution < 1.29 is 23.5 Å². The first-order valence-corrected chi connectivity index (χ1v) is 10.3. The van der Waals surface area contributed by atoms with Gasteiger partial charge in [-0.1, -0.05) is 12.1 Å². The van der Waals surface area contributed by atoms with Gasteiger partial charge in [0.05, 0.1) is 18.2 Å². The second-order valence-corrected chi connectivity index (χ2v) is 7.62. The van der Waals surface area contributed by atoms with E-state index in [1.54, 1.807) is 28.9 Å². The number of anilines is 1. The molecule has 0 bridgehead atoms. The van der Waals surface area contributed by atoms with Gasteiger partial charge in [0.15, 0.2) is 4.96 Å². The molecule has 32 heavy (non-hydrogen) atoms. The van der Waals surface area contributed by atoms with Crippen LogP contribution in [0.2, 0.25) is 0 Å². The third-order valence-corrected chi connectivity index (χ3v) is 5.34. The number of imidazole rings is 1. The van der Waals surface area contributed by atoms with Gasteiger partial charge < -0.3 is 15.4 Å². The molecule has 0 saturated carbocycles. The van der Waals surface area contributed by atoms with E-state index in [0.29, 0.717) is 10.5 Å². The van der Waals surface area contributed by atoms with Gasteiger partial charge in [-0.2, -0.15) is 0 Å². The Bertz CT molecular complexity index is 1300. The number of benzene rings is 2. The maximum atomic E-state index is 13.9.